The van der Waals surface area contributed by atoms with Crippen molar-refractivity contribution < 1.29 is 19.1 Å². The van der Waals surface area contributed by atoms with E-state index in [1.165, 1.54) is 7.11 Å². The molecule has 2 aromatic carbocycles. The molecule has 29 heavy (non-hydrogen) atoms. The Bertz CT molecular complexity index is 856. The third-order valence-electron chi connectivity index (χ3n) is 4.98. The number of hydrogen-bond donors (Lipinski definition) is 2. The van der Waals surface area contributed by atoms with Gasteiger partial charge >= 0.3 is 6.03 Å². The lowest BCUT2D eigenvalue weighted by molar-refractivity contribution is 0.0855. The van der Waals surface area contributed by atoms with Gasteiger partial charge in [0, 0.05) is 37.6 Å². The molecule has 0 aromatic heterocycles. The highest BCUT2D eigenvalue weighted by atomic mass is 32.1. The summed E-state index contributed by atoms with van der Waals surface area (Å²) in [7, 11) is 3.55. The van der Waals surface area contributed by atoms with Crippen molar-refractivity contribution in [1.29, 1.82) is 0 Å². The minimum atomic E-state index is -0.661. The van der Waals surface area contributed by atoms with Crippen molar-refractivity contribution in [2.75, 3.05) is 37.6 Å². The van der Waals surface area contributed by atoms with Crippen molar-refractivity contribution in [2.24, 2.45) is 0 Å². The number of imide groups is 1. The lowest BCUT2D eigenvalue weighted by Crippen LogP contribution is -2.36. The number of amides is 3. The quantitative estimate of drug-likeness (QED) is 0.727. The maximum absolute atomic E-state index is 12.6. The van der Waals surface area contributed by atoms with Gasteiger partial charge in [-0.15, -0.1) is 0 Å². The summed E-state index contributed by atoms with van der Waals surface area (Å²) in [5.74, 6) is -0.0164. The Kier molecular flexibility index (Phi) is 7.00. The molecule has 0 aliphatic carbocycles. The van der Waals surface area contributed by atoms with E-state index in [1.807, 2.05) is 19.2 Å². The van der Waals surface area contributed by atoms with E-state index in [0.717, 1.165) is 36.0 Å². The molecule has 154 valence electrons. The maximum atomic E-state index is 12.6. The second kappa shape index (κ2) is 9.67. The maximum Gasteiger partial charge on any atom is 0.339 e. The van der Waals surface area contributed by atoms with Crippen LogP contribution in [0.5, 0.6) is 5.75 Å². The summed E-state index contributed by atoms with van der Waals surface area (Å²) in [5, 5.41) is 2.72. The van der Waals surface area contributed by atoms with E-state index in [0.29, 0.717) is 23.0 Å². The molecule has 0 spiro atoms. The zero-order chi connectivity index (χ0) is 20.8. The van der Waals surface area contributed by atoms with Gasteiger partial charge in [-0.05, 0) is 43.2 Å². The number of hydrogen-bond acceptors (Lipinski definition) is 6. The van der Waals surface area contributed by atoms with E-state index in [4.69, 9.17) is 9.47 Å². The van der Waals surface area contributed by atoms with Crippen LogP contribution in [0.2, 0.25) is 0 Å². The predicted octanol–water partition coefficient (Wildman–Crippen LogP) is 3.83. The smallest absolute Gasteiger partial charge is 0.339 e. The number of benzene rings is 2. The van der Waals surface area contributed by atoms with E-state index < -0.39 is 11.9 Å². The summed E-state index contributed by atoms with van der Waals surface area (Å²) in [6, 6.07) is 13.8. The van der Waals surface area contributed by atoms with Crippen molar-refractivity contribution in [3.63, 3.8) is 0 Å². The molecule has 0 bridgehead atoms. The van der Waals surface area contributed by atoms with Gasteiger partial charge in [0.1, 0.15) is 5.75 Å². The standard InChI is InChI=1S/C21H25N3O4S/c1-23(16-10-12-28-13-11-16)17-8-9-19(27-2)18(14-17)22-21(26)24(29)20(25)15-6-4-3-5-7-15/h3-9,14,16,29H,10-13H2,1-2H3,(H,22,26). The van der Waals surface area contributed by atoms with E-state index in [1.54, 1.807) is 36.4 Å². The fourth-order valence-corrected chi connectivity index (χ4v) is 3.43. The van der Waals surface area contributed by atoms with Gasteiger partial charge in [0.2, 0.25) is 0 Å². The number of nitrogens with one attached hydrogen (secondary N) is 1. The van der Waals surface area contributed by atoms with Crippen molar-refractivity contribution in [3.05, 3.63) is 54.1 Å². The largest absolute Gasteiger partial charge is 0.495 e. The molecular formula is C21H25N3O4S. The molecule has 0 atom stereocenters. The SMILES string of the molecule is COc1ccc(N(C)C2CCOCC2)cc1NC(=O)N(S)C(=O)c1ccccc1. The van der Waals surface area contributed by atoms with Crippen LogP contribution >= 0.6 is 12.8 Å². The monoisotopic (exact) mass is 415 g/mol. The van der Waals surface area contributed by atoms with Gasteiger partial charge in [0.15, 0.2) is 0 Å². The number of thiol groups is 1. The topological polar surface area (TPSA) is 71.1 Å². The molecule has 1 aliphatic heterocycles. The second-order valence-electron chi connectivity index (χ2n) is 6.75. The molecular weight excluding hydrogens is 390 g/mol. The van der Waals surface area contributed by atoms with Gasteiger partial charge in [0.25, 0.3) is 5.91 Å². The third kappa shape index (κ3) is 5.02. The van der Waals surface area contributed by atoms with Crippen molar-refractivity contribution in [2.45, 2.75) is 18.9 Å². The van der Waals surface area contributed by atoms with Crippen LogP contribution < -0.4 is 15.0 Å². The fraction of sp³-hybridized carbons (Fsp3) is 0.333. The number of anilines is 2. The summed E-state index contributed by atoms with van der Waals surface area (Å²) < 4.78 is 11.6. The van der Waals surface area contributed by atoms with E-state index in [9.17, 15) is 9.59 Å². The summed E-state index contributed by atoms with van der Waals surface area (Å²) in [6.07, 6.45) is 1.89. The van der Waals surface area contributed by atoms with Crippen LogP contribution in [0.4, 0.5) is 16.2 Å². The Balaban J connectivity index is 1.76. The fourth-order valence-electron chi connectivity index (χ4n) is 3.26. The van der Waals surface area contributed by atoms with Gasteiger partial charge in [-0.25, -0.2) is 9.10 Å². The van der Waals surface area contributed by atoms with Crippen molar-refractivity contribution in [1.82, 2.24) is 4.31 Å². The average Bonchev–Trinajstić information content (AvgIpc) is 2.78. The molecule has 0 saturated carbocycles. The highest BCUT2D eigenvalue weighted by Crippen LogP contribution is 2.31. The van der Waals surface area contributed by atoms with E-state index in [-0.39, 0.29) is 0 Å². The van der Waals surface area contributed by atoms with E-state index in [2.05, 4.69) is 23.0 Å². The molecule has 1 heterocycles. The molecule has 3 amide bonds. The van der Waals surface area contributed by atoms with Gasteiger partial charge in [-0.1, -0.05) is 31.0 Å². The van der Waals surface area contributed by atoms with Crippen LogP contribution in [0.15, 0.2) is 48.5 Å². The first-order valence-corrected chi connectivity index (χ1v) is 9.79. The van der Waals surface area contributed by atoms with Crippen LogP contribution in [0.3, 0.4) is 0 Å². The zero-order valence-corrected chi connectivity index (χ0v) is 17.4. The first kappa shape index (κ1) is 21.0. The van der Waals surface area contributed by atoms with Crippen LogP contribution in [-0.2, 0) is 4.74 Å². The lowest BCUT2D eigenvalue weighted by atomic mass is 10.1. The molecule has 1 saturated heterocycles. The van der Waals surface area contributed by atoms with Gasteiger partial charge in [-0.2, -0.15) is 0 Å². The van der Waals surface area contributed by atoms with Gasteiger partial charge < -0.3 is 19.7 Å². The number of carbonyl (C=O) groups excluding carboxylic acids is 2. The lowest BCUT2D eigenvalue weighted by Gasteiger charge is -2.33. The minimum Gasteiger partial charge on any atom is -0.495 e. The molecule has 0 radical (unpaired) electrons. The number of methoxy groups -OCH3 is 1. The van der Waals surface area contributed by atoms with Crippen molar-refractivity contribution >= 4 is 36.1 Å². The molecule has 7 nitrogen and oxygen atoms in total. The molecule has 1 aliphatic rings. The molecule has 3 rings (SSSR count). The second-order valence-corrected chi connectivity index (χ2v) is 7.15. The van der Waals surface area contributed by atoms with Crippen molar-refractivity contribution in [3.8, 4) is 5.75 Å². The zero-order valence-electron chi connectivity index (χ0n) is 16.5. The Morgan fingerprint density at radius 2 is 1.83 bits per heavy atom. The number of rotatable bonds is 5. The number of nitrogens with zero attached hydrogens (tertiary/aromatic N) is 2. The van der Waals surface area contributed by atoms with Gasteiger partial charge in [-0.3, -0.25) is 4.79 Å². The number of carbonyl (C=O) groups is 2. The van der Waals surface area contributed by atoms with Crippen LogP contribution in [0.1, 0.15) is 23.2 Å². The highest BCUT2D eigenvalue weighted by Gasteiger charge is 2.23. The summed E-state index contributed by atoms with van der Waals surface area (Å²) >= 11 is 4.08. The Hall–Kier alpha value is -2.71. The normalized spacial score (nSPS) is 14.2. The van der Waals surface area contributed by atoms with Crippen LogP contribution in [0, 0.1) is 0 Å². The number of urea groups is 1. The molecule has 8 heteroatoms. The Morgan fingerprint density at radius 3 is 2.48 bits per heavy atom. The average molecular weight is 416 g/mol. The Morgan fingerprint density at radius 1 is 1.14 bits per heavy atom. The Labute approximate surface area is 176 Å². The first-order chi connectivity index (χ1) is 14.0. The highest BCUT2D eigenvalue weighted by molar-refractivity contribution is 7.79. The van der Waals surface area contributed by atoms with Gasteiger partial charge in [0.05, 0.1) is 12.8 Å². The van der Waals surface area contributed by atoms with E-state index >= 15 is 0 Å². The van der Waals surface area contributed by atoms with Crippen LogP contribution in [0.25, 0.3) is 0 Å². The van der Waals surface area contributed by atoms with Crippen LogP contribution in [-0.4, -0.2) is 49.7 Å². The number of ether oxygens (including phenoxy) is 2. The predicted molar refractivity (Wildman–Crippen MR) is 116 cm³/mol. The summed E-state index contributed by atoms with van der Waals surface area (Å²) in [5.41, 5.74) is 1.78. The third-order valence-corrected chi connectivity index (χ3v) is 5.34. The summed E-state index contributed by atoms with van der Waals surface area (Å²) in [4.78, 5) is 27.2. The summed E-state index contributed by atoms with van der Waals surface area (Å²) in [6.45, 7) is 1.48. The molecule has 2 aromatic rings. The molecule has 0 unspecified atom stereocenters. The molecule has 1 fully saturated rings. The minimum absolute atomic E-state index is 0.363. The first-order valence-electron chi connectivity index (χ1n) is 9.39. The molecule has 1 N–H and O–H groups in total.